The number of H-pyrrole nitrogens is 1. The molecular weight excluding hydrogens is 387 g/mol. The van der Waals surface area contributed by atoms with Crippen molar-refractivity contribution in [3.8, 4) is 11.3 Å². The number of carbonyl (C=O) groups is 1. The number of benzene rings is 2. The molecule has 0 atom stereocenters. The van der Waals surface area contributed by atoms with Crippen LogP contribution in [-0.2, 0) is 14.6 Å². The number of aromatic nitrogens is 2. The van der Waals surface area contributed by atoms with E-state index in [9.17, 15) is 21.6 Å². The lowest BCUT2D eigenvalue weighted by molar-refractivity contribution is -0.192. The van der Waals surface area contributed by atoms with Crippen LogP contribution in [0.1, 0.15) is 0 Å². The summed E-state index contributed by atoms with van der Waals surface area (Å²) in [6.07, 6.45) is -3.90. The molecule has 3 aromatic rings. The van der Waals surface area contributed by atoms with Crippen LogP contribution < -0.4 is 5.73 Å². The predicted octanol–water partition coefficient (Wildman–Crippen LogP) is 2.85. The molecule has 0 saturated carbocycles. The largest absolute Gasteiger partial charge is 0.490 e. The minimum atomic E-state index is -5.08. The van der Waals surface area contributed by atoms with Gasteiger partial charge in [-0.3, -0.25) is 5.10 Å². The molecule has 0 aliphatic rings. The third-order valence-electron chi connectivity index (χ3n) is 3.37. The van der Waals surface area contributed by atoms with E-state index in [-0.39, 0.29) is 4.90 Å². The first-order valence-corrected chi connectivity index (χ1v) is 9.13. The average Bonchev–Trinajstić information content (AvgIpc) is 2.97. The molecule has 144 valence electrons. The number of halogens is 3. The van der Waals surface area contributed by atoms with Crippen molar-refractivity contribution >= 4 is 32.4 Å². The van der Waals surface area contributed by atoms with Gasteiger partial charge < -0.3 is 10.8 Å². The molecule has 0 amide bonds. The zero-order chi connectivity index (χ0) is 20.4. The van der Waals surface area contributed by atoms with Crippen LogP contribution in [0.25, 0.3) is 22.2 Å². The number of hydrogen-bond acceptors (Lipinski definition) is 5. The van der Waals surface area contributed by atoms with Gasteiger partial charge in [-0.15, -0.1) is 0 Å². The molecule has 0 aliphatic heterocycles. The fourth-order valence-corrected chi connectivity index (χ4v) is 2.79. The van der Waals surface area contributed by atoms with Crippen molar-refractivity contribution < 1.29 is 31.5 Å². The Morgan fingerprint density at radius 3 is 2.37 bits per heavy atom. The number of sulfone groups is 1. The molecule has 0 fully saturated rings. The number of alkyl halides is 3. The molecule has 11 heteroatoms. The summed E-state index contributed by atoms with van der Waals surface area (Å²) in [5.41, 5.74) is 8.72. The highest BCUT2D eigenvalue weighted by molar-refractivity contribution is 7.90. The Bertz CT molecular complexity index is 1090. The van der Waals surface area contributed by atoms with Crippen LogP contribution in [0.5, 0.6) is 0 Å². The van der Waals surface area contributed by atoms with E-state index >= 15 is 0 Å². The Balaban J connectivity index is 0.000000321. The van der Waals surface area contributed by atoms with E-state index in [2.05, 4.69) is 10.2 Å². The number of fused-ring (bicyclic) bond motifs is 1. The van der Waals surface area contributed by atoms with E-state index in [1.54, 1.807) is 24.3 Å². The summed E-state index contributed by atoms with van der Waals surface area (Å²) in [7, 11) is -3.24. The third kappa shape index (κ3) is 4.97. The smallest absolute Gasteiger partial charge is 0.475 e. The van der Waals surface area contributed by atoms with E-state index in [0.717, 1.165) is 16.5 Å². The minimum absolute atomic E-state index is 0.273. The summed E-state index contributed by atoms with van der Waals surface area (Å²) in [5.74, 6) is -2.76. The number of rotatable bonds is 2. The number of anilines is 1. The van der Waals surface area contributed by atoms with Crippen molar-refractivity contribution in [1.82, 2.24) is 10.2 Å². The highest BCUT2D eigenvalue weighted by atomic mass is 32.2. The standard InChI is InChI=1S/C14H13N3O2S.C2HF3O2/c1-20(18,19)11-4-2-3-9(7-11)14-12-8-10(15)5-6-13(12)16-17-14;3-2(4,5)1(6)7/h2-8H,15H2,1H3,(H,16,17);(H,6,7). The van der Waals surface area contributed by atoms with E-state index in [0.29, 0.717) is 11.4 Å². The van der Waals surface area contributed by atoms with Crippen molar-refractivity contribution in [2.24, 2.45) is 0 Å². The molecule has 1 heterocycles. The molecular formula is C16H14F3N3O4S. The normalized spacial score (nSPS) is 11.7. The Hall–Kier alpha value is -3.08. The molecule has 3 rings (SSSR count). The number of nitrogens with two attached hydrogens (primary N) is 1. The van der Waals surface area contributed by atoms with Crippen LogP contribution in [0, 0.1) is 0 Å². The Labute approximate surface area is 151 Å². The van der Waals surface area contributed by atoms with Gasteiger partial charge in [0.2, 0.25) is 0 Å². The molecule has 7 nitrogen and oxygen atoms in total. The van der Waals surface area contributed by atoms with Crippen molar-refractivity contribution in [3.05, 3.63) is 42.5 Å². The molecule has 0 aliphatic carbocycles. The molecule has 27 heavy (non-hydrogen) atoms. The van der Waals surface area contributed by atoms with E-state index in [1.807, 2.05) is 18.2 Å². The number of carboxylic acid groups (broad SMARTS) is 1. The second-order valence-electron chi connectivity index (χ2n) is 5.48. The lowest BCUT2D eigenvalue weighted by Crippen LogP contribution is -2.21. The van der Waals surface area contributed by atoms with E-state index < -0.39 is 22.0 Å². The second-order valence-corrected chi connectivity index (χ2v) is 7.50. The van der Waals surface area contributed by atoms with Gasteiger partial charge >= 0.3 is 12.1 Å². The first kappa shape index (κ1) is 20.2. The number of aromatic amines is 1. The minimum Gasteiger partial charge on any atom is -0.475 e. The predicted molar refractivity (Wildman–Crippen MR) is 92.7 cm³/mol. The zero-order valence-corrected chi connectivity index (χ0v) is 14.6. The van der Waals surface area contributed by atoms with Gasteiger partial charge in [0.25, 0.3) is 0 Å². The lowest BCUT2D eigenvalue weighted by atomic mass is 10.1. The zero-order valence-electron chi connectivity index (χ0n) is 13.8. The number of nitrogens with one attached hydrogen (secondary N) is 1. The van der Waals surface area contributed by atoms with Crippen LogP contribution in [0.4, 0.5) is 18.9 Å². The monoisotopic (exact) mass is 401 g/mol. The van der Waals surface area contributed by atoms with Gasteiger partial charge in [-0.25, -0.2) is 13.2 Å². The van der Waals surface area contributed by atoms with Gasteiger partial charge in [0, 0.05) is 22.9 Å². The number of aliphatic carboxylic acids is 1. The average molecular weight is 401 g/mol. The Kier molecular flexibility index (Phi) is 5.45. The Morgan fingerprint density at radius 1 is 1.19 bits per heavy atom. The summed E-state index contributed by atoms with van der Waals surface area (Å²) in [6, 6.07) is 12.2. The fraction of sp³-hybridized carbons (Fsp3) is 0.125. The first-order chi connectivity index (χ1) is 12.4. The van der Waals surface area contributed by atoms with Gasteiger partial charge in [0.15, 0.2) is 9.84 Å². The molecule has 0 bridgehead atoms. The number of carboxylic acids is 1. The van der Waals surface area contributed by atoms with E-state index in [4.69, 9.17) is 15.6 Å². The first-order valence-electron chi connectivity index (χ1n) is 7.24. The van der Waals surface area contributed by atoms with E-state index in [1.165, 1.54) is 6.26 Å². The summed E-state index contributed by atoms with van der Waals surface area (Å²) >= 11 is 0. The summed E-state index contributed by atoms with van der Waals surface area (Å²) in [5, 5.41) is 15.2. The topological polar surface area (TPSA) is 126 Å². The summed E-state index contributed by atoms with van der Waals surface area (Å²) in [6.45, 7) is 0. The van der Waals surface area contributed by atoms with Gasteiger partial charge in [0.1, 0.15) is 5.69 Å². The maximum Gasteiger partial charge on any atom is 0.490 e. The van der Waals surface area contributed by atoms with Crippen LogP contribution in [-0.4, -0.2) is 42.1 Å². The highest BCUT2D eigenvalue weighted by Gasteiger charge is 2.38. The Morgan fingerprint density at radius 2 is 1.81 bits per heavy atom. The summed E-state index contributed by atoms with van der Waals surface area (Å²) in [4.78, 5) is 9.17. The molecule has 0 saturated heterocycles. The van der Waals surface area contributed by atoms with Gasteiger partial charge in [-0.2, -0.15) is 18.3 Å². The van der Waals surface area contributed by atoms with Gasteiger partial charge in [-0.1, -0.05) is 12.1 Å². The van der Waals surface area contributed by atoms with Crippen LogP contribution >= 0.6 is 0 Å². The van der Waals surface area contributed by atoms with Crippen LogP contribution in [0.3, 0.4) is 0 Å². The van der Waals surface area contributed by atoms with Crippen LogP contribution in [0.2, 0.25) is 0 Å². The van der Waals surface area contributed by atoms with Crippen molar-refractivity contribution in [3.63, 3.8) is 0 Å². The molecule has 0 radical (unpaired) electrons. The SMILES string of the molecule is CS(=O)(=O)c1cccc(-c2n[nH]c3ccc(N)cc23)c1.O=C(O)C(F)(F)F. The molecule has 0 spiro atoms. The fourth-order valence-electron chi connectivity index (χ4n) is 2.13. The lowest BCUT2D eigenvalue weighted by Gasteiger charge is -2.02. The van der Waals surface area contributed by atoms with Gasteiger partial charge in [-0.05, 0) is 30.3 Å². The highest BCUT2D eigenvalue weighted by Crippen LogP contribution is 2.29. The summed E-state index contributed by atoms with van der Waals surface area (Å²) < 4.78 is 55.0. The maximum atomic E-state index is 11.6. The molecule has 2 aromatic carbocycles. The molecule has 0 unspecified atom stereocenters. The van der Waals surface area contributed by atoms with Crippen molar-refractivity contribution in [2.75, 3.05) is 12.0 Å². The number of nitrogen functional groups attached to an aromatic ring is 1. The molecule has 4 N–H and O–H groups in total. The maximum absolute atomic E-state index is 11.6. The van der Waals surface area contributed by atoms with Crippen molar-refractivity contribution in [2.45, 2.75) is 11.1 Å². The van der Waals surface area contributed by atoms with Crippen LogP contribution in [0.15, 0.2) is 47.4 Å². The third-order valence-corrected chi connectivity index (χ3v) is 4.48. The van der Waals surface area contributed by atoms with Gasteiger partial charge in [0.05, 0.1) is 10.4 Å². The second kappa shape index (κ2) is 7.27. The quantitative estimate of drug-likeness (QED) is 0.567. The number of hydrogen-bond donors (Lipinski definition) is 3. The molecule has 1 aromatic heterocycles. The van der Waals surface area contributed by atoms with Crippen molar-refractivity contribution in [1.29, 1.82) is 0 Å². The number of nitrogens with zero attached hydrogens (tertiary/aromatic N) is 1.